The summed E-state index contributed by atoms with van der Waals surface area (Å²) in [4.78, 5) is 4.87. The third-order valence-corrected chi connectivity index (χ3v) is 9.85. The highest BCUT2D eigenvalue weighted by Crippen LogP contribution is 2.67. The van der Waals surface area contributed by atoms with Crippen molar-refractivity contribution in [2.45, 2.75) is 77.2 Å². The Hall–Kier alpha value is -1.94. The van der Waals surface area contributed by atoms with E-state index >= 15 is 0 Å². The van der Waals surface area contributed by atoms with Crippen LogP contribution in [-0.2, 0) is 0 Å². The van der Waals surface area contributed by atoms with Crippen molar-refractivity contribution in [3.63, 3.8) is 0 Å². The minimum Gasteiger partial charge on any atom is -0.393 e. The summed E-state index contributed by atoms with van der Waals surface area (Å²) < 4.78 is 5.87. The summed E-state index contributed by atoms with van der Waals surface area (Å²) in [5.41, 5.74) is 3.12. The standard InChI is InChI=1S/C27H34N2O2/c1-26-14-12-19(30)16-18(26)8-9-20-21-10-11-23(27(21,2)15-13-22(20)26)25-28-24(29-31-25)17-6-4-3-5-7-17/h3-8,19-23,30H,9-16H2,1-2H3/t19-,20-,21-,22-,23+,26-,27-/m0/s1. The molecule has 164 valence electrons. The quantitative estimate of drug-likeness (QED) is 0.595. The number of aliphatic hydroxyl groups is 1. The molecule has 4 heteroatoms. The molecule has 1 heterocycles. The largest absolute Gasteiger partial charge is 0.393 e. The second-order valence-electron chi connectivity index (χ2n) is 11.2. The number of hydrogen-bond donors (Lipinski definition) is 1. The van der Waals surface area contributed by atoms with Crippen molar-refractivity contribution >= 4 is 0 Å². The first-order valence-electron chi connectivity index (χ1n) is 12.3. The van der Waals surface area contributed by atoms with E-state index in [1.807, 2.05) is 30.3 Å². The van der Waals surface area contributed by atoms with Gasteiger partial charge in [-0.25, -0.2) is 0 Å². The topological polar surface area (TPSA) is 59.2 Å². The molecule has 2 aromatic rings. The van der Waals surface area contributed by atoms with E-state index in [1.54, 1.807) is 5.57 Å². The first-order valence-corrected chi connectivity index (χ1v) is 12.3. The number of benzene rings is 1. The predicted octanol–water partition coefficient (Wildman–Crippen LogP) is 6.14. The third kappa shape index (κ3) is 2.90. The zero-order valence-corrected chi connectivity index (χ0v) is 18.8. The minimum absolute atomic E-state index is 0.128. The molecule has 3 saturated carbocycles. The average Bonchev–Trinajstić information content (AvgIpc) is 3.39. The summed E-state index contributed by atoms with van der Waals surface area (Å²) >= 11 is 0. The van der Waals surface area contributed by atoms with Gasteiger partial charge in [0.25, 0.3) is 0 Å². The van der Waals surface area contributed by atoms with Crippen molar-refractivity contribution < 1.29 is 9.63 Å². The molecule has 4 aliphatic carbocycles. The highest BCUT2D eigenvalue weighted by atomic mass is 16.5. The van der Waals surface area contributed by atoms with Gasteiger partial charge in [-0.2, -0.15) is 4.98 Å². The van der Waals surface area contributed by atoms with Crippen molar-refractivity contribution in [1.29, 1.82) is 0 Å². The van der Waals surface area contributed by atoms with Crippen molar-refractivity contribution in [1.82, 2.24) is 10.1 Å². The van der Waals surface area contributed by atoms with Crippen LogP contribution in [0.5, 0.6) is 0 Å². The minimum atomic E-state index is -0.128. The summed E-state index contributed by atoms with van der Waals surface area (Å²) in [6.07, 6.45) is 11.6. The number of fused-ring (bicyclic) bond motifs is 5. The molecule has 6 rings (SSSR count). The Balaban J connectivity index is 1.29. The molecule has 0 unspecified atom stereocenters. The number of aliphatic hydroxyl groups excluding tert-OH is 1. The Morgan fingerprint density at radius 2 is 1.84 bits per heavy atom. The van der Waals surface area contributed by atoms with E-state index in [2.05, 4.69) is 25.1 Å². The van der Waals surface area contributed by atoms with Gasteiger partial charge < -0.3 is 9.63 Å². The molecule has 1 N–H and O–H groups in total. The fraction of sp³-hybridized carbons (Fsp3) is 0.630. The Labute approximate surface area is 185 Å². The molecule has 0 spiro atoms. The highest BCUT2D eigenvalue weighted by molar-refractivity contribution is 5.53. The molecule has 4 nitrogen and oxygen atoms in total. The molecule has 0 bridgehead atoms. The number of nitrogens with zero attached hydrogens (tertiary/aromatic N) is 2. The van der Waals surface area contributed by atoms with Crippen LogP contribution in [-0.4, -0.2) is 21.4 Å². The van der Waals surface area contributed by atoms with E-state index < -0.39 is 0 Å². The van der Waals surface area contributed by atoms with Crippen LogP contribution < -0.4 is 0 Å². The molecular formula is C27H34N2O2. The summed E-state index contributed by atoms with van der Waals surface area (Å²) in [5.74, 6) is 4.18. The zero-order valence-electron chi connectivity index (χ0n) is 18.8. The summed E-state index contributed by atoms with van der Waals surface area (Å²) in [7, 11) is 0. The second kappa shape index (κ2) is 7.03. The molecular weight excluding hydrogens is 384 g/mol. The van der Waals surface area contributed by atoms with E-state index in [-0.39, 0.29) is 11.5 Å². The van der Waals surface area contributed by atoms with Gasteiger partial charge in [0.15, 0.2) is 0 Å². The molecule has 1 aromatic heterocycles. The lowest BCUT2D eigenvalue weighted by Crippen LogP contribution is -2.50. The van der Waals surface area contributed by atoms with Crippen LogP contribution >= 0.6 is 0 Å². The van der Waals surface area contributed by atoms with Crippen molar-refractivity contribution in [2.75, 3.05) is 0 Å². The van der Waals surface area contributed by atoms with E-state index in [4.69, 9.17) is 9.51 Å². The number of aromatic nitrogens is 2. The SMILES string of the molecule is C[C@]12CC[C@H]3[C@@H](CC=C4C[C@@H](O)CC[C@@]43C)[C@@H]1CC[C@@H]2c1nc(-c2ccccc2)no1. The predicted molar refractivity (Wildman–Crippen MR) is 120 cm³/mol. The van der Waals surface area contributed by atoms with Crippen LogP contribution in [0.25, 0.3) is 11.4 Å². The molecule has 31 heavy (non-hydrogen) atoms. The van der Waals surface area contributed by atoms with Gasteiger partial charge in [0.05, 0.1) is 6.10 Å². The summed E-state index contributed by atoms with van der Waals surface area (Å²) in [6.45, 7) is 5.00. The molecule has 0 aliphatic heterocycles. The third-order valence-electron chi connectivity index (χ3n) is 9.85. The monoisotopic (exact) mass is 418 g/mol. The van der Waals surface area contributed by atoms with Crippen LogP contribution in [0, 0.1) is 28.6 Å². The fourth-order valence-electron chi connectivity index (χ4n) is 8.13. The van der Waals surface area contributed by atoms with E-state index in [9.17, 15) is 5.11 Å². The van der Waals surface area contributed by atoms with Gasteiger partial charge in [-0.15, -0.1) is 0 Å². The van der Waals surface area contributed by atoms with Crippen molar-refractivity contribution in [3.8, 4) is 11.4 Å². The first kappa shape index (κ1) is 19.7. The lowest BCUT2D eigenvalue weighted by atomic mass is 9.47. The highest BCUT2D eigenvalue weighted by Gasteiger charge is 2.59. The average molecular weight is 419 g/mol. The Bertz CT molecular complexity index is 998. The maximum absolute atomic E-state index is 10.2. The van der Waals surface area contributed by atoms with Crippen LogP contribution in [0.1, 0.15) is 77.0 Å². The van der Waals surface area contributed by atoms with E-state index in [0.29, 0.717) is 11.3 Å². The van der Waals surface area contributed by atoms with Gasteiger partial charge in [-0.3, -0.25) is 0 Å². The molecule has 0 saturated heterocycles. The van der Waals surface area contributed by atoms with Gasteiger partial charge in [0.1, 0.15) is 0 Å². The molecule has 1 aromatic carbocycles. The first-order chi connectivity index (χ1) is 15.0. The van der Waals surface area contributed by atoms with E-state index in [0.717, 1.165) is 60.7 Å². The smallest absolute Gasteiger partial charge is 0.230 e. The van der Waals surface area contributed by atoms with Crippen molar-refractivity contribution in [2.24, 2.45) is 28.6 Å². The van der Waals surface area contributed by atoms with Crippen LogP contribution in [0.4, 0.5) is 0 Å². The molecule has 7 atom stereocenters. The van der Waals surface area contributed by atoms with Crippen molar-refractivity contribution in [3.05, 3.63) is 47.9 Å². The van der Waals surface area contributed by atoms with E-state index in [1.165, 1.54) is 25.7 Å². The number of allylic oxidation sites excluding steroid dienone is 1. The van der Waals surface area contributed by atoms with Gasteiger partial charge in [-0.1, -0.05) is 61.0 Å². The number of hydrogen-bond acceptors (Lipinski definition) is 4. The Morgan fingerprint density at radius 1 is 1.00 bits per heavy atom. The normalized spacial score (nSPS) is 41.8. The maximum atomic E-state index is 10.2. The Morgan fingerprint density at radius 3 is 2.68 bits per heavy atom. The van der Waals surface area contributed by atoms with Gasteiger partial charge in [-0.05, 0) is 80.0 Å². The lowest BCUT2D eigenvalue weighted by molar-refractivity contribution is -0.0432. The van der Waals surface area contributed by atoms with Crippen LogP contribution in [0.15, 0.2) is 46.5 Å². The van der Waals surface area contributed by atoms with Gasteiger partial charge in [0.2, 0.25) is 11.7 Å². The Kier molecular flexibility index (Phi) is 4.47. The van der Waals surface area contributed by atoms with Crippen LogP contribution in [0.3, 0.4) is 0 Å². The van der Waals surface area contributed by atoms with Crippen LogP contribution in [0.2, 0.25) is 0 Å². The molecule has 0 amide bonds. The maximum Gasteiger partial charge on any atom is 0.230 e. The molecule has 4 aliphatic rings. The van der Waals surface area contributed by atoms with Gasteiger partial charge >= 0.3 is 0 Å². The molecule has 0 radical (unpaired) electrons. The molecule has 3 fully saturated rings. The summed E-state index contributed by atoms with van der Waals surface area (Å²) in [5, 5.41) is 14.6. The zero-order chi connectivity index (χ0) is 21.2. The fourth-order valence-corrected chi connectivity index (χ4v) is 8.13. The number of rotatable bonds is 2. The lowest BCUT2D eigenvalue weighted by Gasteiger charge is -2.57. The summed E-state index contributed by atoms with van der Waals surface area (Å²) in [6, 6.07) is 10.2. The second-order valence-corrected chi connectivity index (χ2v) is 11.2. The van der Waals surface area contributed by atoms with Gasteiger partial charge in [0, 0.05) is 11.5 Å².